The Kier molecular flexibility index (Phi) is 3.17. The molecular weight excluding hydrogens is 230 g/mol. The predicted octanol–water partition coefficient (Wildman–Crippen LogP) is 1.12. The van der Waals surface area contributed by atoms with E-state index < -0.39 is 0 Å². The molecule has 5 heteroatoms. The summed E-state index contributed by atoms with van der Waals surface area (Å²) in [7, 11) is 0. The molecule has 1 atom stereocenters. The van der Waals surface area contributed by atoms with Crippen molar-refractivity contribution in [2.24, 2.45) is 0 Å². The first-order valence-electron chi connectivity index (χ1n) is 6.33. The fourth-order valence-corrected chi connectivity index (χ4v) is 2.35. The van der Waals surface area contributed by atoms with Crippen molar-refractivity contribution in [3.05, 3.63) is 34.2 Å². The van der Waals surface area contributed by atoms with Crippen LogP contribution >= 0.6 is 0 Å². The molecule has 1 unspecified atom stereocenters. The van der Waals surface area contributed by atoms with E-state index in [1.54, 1.807) is 0 Å². The van der Waals surface area contributed by atoms with Crippen LogP contribution in [0.1, 0.15) is 18.4 Å². The normalized spacial score (nSPS) is 20.3. The van der Waals surface area contributed by atoms with E-state index in [0.29, 0.717) is 6.04 Å². The third-order valence-electron chi connectivity index (χ3n) is 3.34. The molecule has 1 aliphatic heterocycles. The minimum absolute atomic E-state index is 0.157. The Balaban J connectivity index is 1.68. The van der Waals surface area contributed by atoms with Gasteiger partial charge in [-0.05, 0) is 30.5 Å². The van der Waals surface area contributed by atoms with Crippen molar-refractivity contribution in [1.29, 1.82) is 0 Å². The van der Waals surface area contributed by atoms with E-state index in [0.717, 1.165) is 37.2 Å². The maximum absolute atomic E-state index is 11.2. The average molecular weight is 247 g/mol. The molecule has 1 saturated heterocycles. The Labute approximate surface area is 105 Å². The van der Waals surface area contributed by atoms with Crippen LogP contribution in [-0.2, 0) is 11.3 Å². The van der Waals surface area contributed by atoms with Crippen LogP contribution in [0.4, 0.5) is 0 Å². The highest BCUT2D eigenvalue weighted by molar-refractivity contribution is 5.74. The zero-order valence-electron chi connectivity index (χ0n) is 10.2. The Hall–Kier alpha value is -1.59. The van der Waals surface area contributed by atoms with E-state index in [1.165, 1.54) is 12.0 Å². The summed E-state index contributed by atoms with van der Waals surface area (Å²) in [5, 5.41) is 3.48. The summed E-state index contributed by atoms with van der Waals surface area (Å²) in [5.41, 5.74) is 2.73. The molecule has 96 valence electrons. The molecular formula is C13H17N3O2. The molecule has 2 heterocycles. The Morgan fingerprint density at radius 1 is 1.33 bits per heavy atom. The number of H-pyrrole nitrogens is 2. The summed E-state index contributed by atoms with van der Waals surface area (Å²) < 4.78 is 5.43. The summed E-state index contributed by atoms with van der Waals surface area (Å²) >= 11 is 0. The first-order chi connectivity index (χ1) is 8.81. The zero-order valence-corrected chi connectivity index (χ0v) is 10.2. The van der Waals surface area contributed by atoms with Gasteiger partial charge in [-0.3, -0.25) is 0 Å². The van der Waals surface area contributed by atoms with E-state index in [9.17, 15) is 4.79 Å². The van der Waals surface area contributed by atoms with Gasteiger partial charge in [0, 0.05) is 19.2 Å². The van der Waals surface area contributed by atoms with Gasteiger partial charge in [0.1, 0.15) is 0 Å². The molecule has 0 amide bonds. The number of ether oxygens (including phenoxy) is 1. The van der Waals surface area contributed by atoms with Crippen LogP contribution in [0.2, 0.25) is 0 Å². The lowest BCUT2D eigenvalue weighted by molar-refractivity contribution is 0.0699. The molecule has 1 fully saturated rings. The Morgan fingerprint density at radius 3 is 3.06 bits per heavy atom. The highest BCUT2D eigenvalue weighted by atomic mass is 16.5. The van der Waals surface area contributed by atoms with Crippen molar-refractivity contribution in [3.8, 4) is 0 Å². The van der Waals surface area contributed by atoms with Crippen molar-refractivity contribution in [1.82, 2.24) is 15.3 Å². The van der Waals surface area contributed by atoms with Crippen molar-refractivity contribution in [3.63, 3.8) is 0 Å². The molecule has 3 N–H and O–H groups in total. The molecule has 5 nitrogen and oxygen atoms in total. The van der Waals surface area contributed by atoms with Crippen molar-refractivity contribution < 1.29 is 4.74 Å². The van der Waals surface area contributed by atoms with Gasteiger partial charge in [-0.15, -0.1) is 0 Å². The van der Waals surface area contributed by atoms with Crippen LogP contribution in [0.3, 0.4) is 0 Å². The summed E-state index contributed by atoms with van der Waals surface area (Å²) in [6.07, 6.45) is 2.30. The Bertz CT molecular complexity index is 581. The first-order valence-corrected chi connectivity index (χ1v) is 6.33. The summed E-state index contributed by atoms with van der Waals surface area (Å²) in [6.45, 7) is 2.48. The van der Waals surface area contributed by atoms with E-state index in [2.05, 4.69) is 15.3 Å². The SMILES string of the molecule is O=c1[nH]c2ccc(CNC3CCCOC3)cc2[nH]1. The largest absolute Gasteiger partial charge is 0.380 e. The van der Waals surface area contributed by atoms with Gasteiger partial charge in [-0.1, -0.05) is 6.07 Å². The highest BCUT2D eigenvalue weighted by Crippen LogP contribution is 2.11. The van der Waals surface area contributed by atoms with E-state index in [4.69, 9.17) is 4.74 Å². The fraction of sp³-hybridized carbons (Fsp3) is 0.462. The van der Waals surface area contributed by atoms with Crippen LogP contribution in [-0.4, -0.2) is 29.2 Å². The molecule has 1 aliphatic rings. The van der Waals surface area contributed by atoms with Gasteiger partial charge < -0.3 is 20.0 Å². The highest BCUT2D eigenvalue weighted by Gasteiger charge is 2.12. The van der Waals surface area contributed by atoms with Gasteiger partial charge in [0.2, 0.25) is 0 Å². The van der Waals surface area contributed by atoms with Gasteiger partial charge in [0.15, 0.2) is 0 Å². The molecule has 0 spiro atoms. The lowest BCUT2D eigenvalue weighted by Crippen LogP contribution is -2.36. The predicted molar refractivity (Wildman–Crippen MR) is 69.6 cm³/mol. The minimum atomic E-state index is -0.157. The fourth-order valence-electron chi connectivity index (χ4n) is 2.35. The number of nitrogens with one attached hydrogen (secondary N) is 3. The maximum Gasteiger partial charge on any atom is 0.323 e. The molecule has 0 bridgehead atoms. The number of fused-ring (bicyclic) bond motifs is 1. The second kappa shape index (κ2) is 4.96. The lowest BCUT2D eigenvalue weighted by atomic mass is 10.1. The Morgan fingerprint density at radius 2 is 2.22 bits per heavy atom. The van der Waals surface area contributed by atoms with Crippen LogP contribution in [0, 0.1) is 0 Å². The van der Waals surface area contributed by atoms with Gasteiger partial charge in [0.25, 0.3) is 0 Å². The van der Waals surface area contributed by atoms with Crippen LogP contribution in [0.25, 0.3) is 11.0 Å². The zero-order chi connectivity index (χ0) is 12.4. The topological polar surface area (TPSA) is 69.9 Å². The summed E-state index contributed by atoms with van der Waals surface area (Å²) in [4.78, 5) is 16.7. The number of rotatable bonds is 3. The molecule has 1 aromatic carbocycles. The van der Waals surface area contributed by atoms with Crippen LogP contribution in [0.15, 0.2) is 23.0 Å². The number of aromatic nitrogens is 2. The van der Waals surface area contributed by atoms with Gasteiger partial charge in [0.05, 0.1) is 17.6 Å². The quantitative estimate of drug-likeness (QED) is 0.761. The number of aromatic amines is 2. The van der Waals surface area contributed by atoms with Crippen molar-refractivity contribution in [2.75, 3.05) is 13.2 Å². The summed E-state index contributed by atoms with van der Waals surface area (Å²) in [6, 6.07) is 6.41. The van der Waals surface area contributed by atoms with Gasteiger partial charge >= 0.3 is 5.69 Å². The smallest absolute Gasteiger partial charge is 0.323 e. The number of benzene rings is 1. The molecule has 0 radical (unpaired) electrons. The first kappa shape index (κ1) is 11.5. The number of imidazole rings is 1. The van der Waals surface area contributed by atoms with Gasteiger partial charge in [-0.25, -0.2) is 4.79 Å². The van der Waals surface area contributed by atoms with Crippen LogP contribution in [0.5, 0.6) is 0 Å². The minimum Gasteiger partial charge on any atom is -0.380 e. The van der Waals surface area contributed by atoms with Crippen molar-refractivity contribution in [2.45, 2.75) is 25.4 Å². The molecule has 1 aromatic heterocycles. The molecule has 0 aliphatic carbocycles. The molecule has 3 rings (SSSR count). The lowest BCUT2D eigenvalue weighted by Gasteiger charge is -2.23. The molecule has 2 aromatic rings. The van der Waals surface area contributed by atoms with Gasteiger partial charge in [-0.2, -0.15) is 0 Å². The van der Waals surface area contributed by atoms with E-state index in [-0.39, 0.29) is 5.69 Å². The third-order valence-corrected chi connectivity index (χ3v) is 3.34. The van der Waals surface area contributed by atoms with Crippen LogP contribution < -0.4 is 11.0 Å². The standard InChI is InChI=1S/C13H17N3O2/c17-13-15-11-4-3-9(6-12(11)16-13)7-14-10-2-1-5-18-8-10/h3-4,6,10,14H,1-2,5,7-8H2,(H2,15,16,17). The second-order valence-corrected chi connectivity index (χ2v) is 4.75. The monoisotopic (exact) mass is 247 g/mol. The number of hydrogen-bond acceptors (Lipinski definition) is 3. The number of hydrogen-bond donors (Lipinski definition) is 3. The molecule has 0 saturated carbocycles. The maximum atomic E-state index is 11.2. The summed E-state index contributed by atoms with van der Waals surface area (Å²) in [5.74, 6) is 0. The average Bonchev–Trinajstić information content (AvgIpc) is 2.77. The van der Waals surface area contributed by atoms with Crippen molar-refractivity contribution >= 4 is 11.0 Å². The van der Waals surface area contributed by atoms with E-state index >= 15 is 0 Å². The molecule has 18 heavy (non-hydrogen) atoms. The third kappa shape index (κ3) is 2.47. The van der Waals surface area contributed by atoms with E-state index in [1.807, 2.05) is 18.2 Å². The second-order valence-electron chi connectivity index (χ2n) is 4.75.